The highest BCUT2D eigenvalue weighted by molar-refractivity contribution is 5.77. The number of hydrogen-bond acceptors (Lipinski definition) is 6. The van der Waals surface area contributed by atoms with Crippen LogP contribution in [-0.2, 0) is 4.79 Å². The van der Waals surface area contributed by atoms with Crippen LogP contribution in [0.25, 0.3) is 5.69 Å². The number of carbonyl (C=O) groups is 1. The van der Waals surface area contributed by atoms with Gasteiger partial charge in [-0.3, -0.25) is 0 Å². The number of esters is 1. The van der Waals surface area contributed by atoms with Gasteiger partial charge in [-0.1, -0.05) is 12.1 Å². The van der Waals surface area contributed by atoms with Crippen molar-refractivity contribution >= 4 is 5.97 Å². The first-order valence-electron chi connectivity index (χ1n) is 7.81. The van der Waals surface area contributed by atoms with Gasteiger partial charge in [-0.25, -0.2) is 9.48 Å². The Morgan fingerprint density at radius 2 is 1.84 bits per heavy atom. The van der Waals surface area contributed by atoms with Crippen LogP contribution in [0.15, 0.2) is 48.8 Å². The summed E-state index contributed by atoms with van der Waals surface area (Å²) >= 11 is 0. The lowest BCUT2D eigenvalue weighted by Crippen LogP contribution is -2.28. The Labute approximate surface area is 145 Å². The predicted molar refractivity (Wildman–Crippen MR) is 90.8 cm³/mol. The number of rotatable bonds is 5. The third-order valence-corrected chi connectivity index (χ3v) is 3.49. The Kier molecular flexibility index (Phi) is 4.74. The molecule has 0 aliphatic carbocycles. The zero-order valence-corrected chi connectivity index (χ0v) is 14.2. The van der Waals surface area contributed by atoms with Gasteiger partial charge < -0.3 is 9.47 Å². The summed E-state index contributed by atoms with van der Waals surface area (Å²) in [5, 5.41) is 11.0. The van der Waals surface area contributed by atoms with Crippen LogP contribution >= 0.6 is 0 Å². The van der Waals surface area contributed by atoms with Crippen molar-refractivity contribution in [2.24, 2.45) is 0 Å². The fourth-order valence-corrected chi connectivity index (χ4v) is 2.42. The summed E-state index contributed by atoms with van der Waals surface area (Å²) in [7, 11) is 0. The Morgan fingerprint density at radius 3 is 2.52 bits per heavy atom. The monoisotopic (exact) mass is 338 g/mol. The van der Waals surface area contributed by atoms with Crippen LogP contribution in [0.3, 0.4) is 0 Å². The van der Waals surface area contributed by atoms with Crippen molar-refractivity contribution in [3.05, 3.63) is 59.9 Å². The SMILES string of the molecule is Cc1cc(C)cc(O[C@H](C)C(=O)Oc2cccc(-n3cnnn3)c2)c1. The van der Waals surface area contributed by atoms with E-state index in [2.05, 4.69) is 15.5 Å². The van der Waals surface area contributed by atoms with E-state index in [1.54, 1.807) is 25.1 Å². The highest BCUT2D eigenvalue weighted by Gasteiger charge is 2.18. The first kappa shape index (κ1) is 16.6. The summed E-state index contributed by atoms with van der Waals surface area (Å²) < 4.78 is 12.6. The average molecular weight is 338 g/mol. The van der Waals surface area contributed by atoms with Crippen molar-refractivity contribution < 1.29 is 14.3 Å². The highest BCUT2D eigenvalue weighted by Crippen LogP contribution is 2.20. The molecule has 0 aliphatic rings. The molecule has 0 saturated heterocycles. The number of carbonyl (C=O) groups excluding carboxylic acids is 1. The lowest BCUT2D eigenvalue weighted by molar-refractivity contribution is -0.141. The van der Waals surface area contributed by atoms with Gasteiger partial charge in [-0.2, -0.15) is 0 Å². The molecule has 0 N–H and O–H groups in total. The summed E-state index contributed by atoms with van der Waals surface area (Å²) in [6.45, 7) is 5.62. The number of benzene rings is 2. The van der Waals surface area contributed by atoms with E-state index in [1.807, 2.05) is 38.1 Å². The van der Waals surface area contributed by atoms with Crippen LogP contribution in [0.1, 0.15) is 18.1 Å². The molecule has 0 radical (unpaired) electrons. The average Bonchev–Trinajstić information content (AvgIpc) is 3.08. The molecule has 1 heterocycles. The summed E-state index contributed by atoms with van der Waals surface area (Å²) in [6, 6.07) is 12.7. The summed E-state index contributed by atoms with van der Waals surface area (Å²) in [6.07, 6.45) is 0.727. The molecule has 1 atom stereocenters. The van der Waals surface area contributed by atoms with Crippen LogP contribution in [0.2, 0.25) is 0 Å². The van der Waals surface area contributed by atoms with E-state index in [1.165, 1.54) is 11.0 Å². The number of tetrazole rings is 1. The largest absolute Gasteiger partial charge is 0.479 e. The minimum Gasteiger partial charge on any atom is -0.479 e. The van der Waals surface area contributed by atoms with E-state index >= 15 is 0 Å². The van der Waals surface area contributed by atoms with E-state index in [9.17, 15) is 4.79 Å². The van der Waals surface area contributed by atoms with Crippen LogP contribution in [0, 0.1) is 13.8 Å². The molecule has 0 spiro atoms. The van der Waals surface area contributed by atoms with Crippen molar-refractivity contribution in [3.8, 4) is 17.2 Å². The molecule has 3 aromatic rings. The fraction of sp³-hybridized carbons (Fsp3) is 0.222. The quantitative estimate of drug-likeness (QED) is 0.526. The zero-order chi connectivity index (χ0) is 17.8. The Balaban J connectivity index is 1.68. The van der Waals surface area contributed by atoms with Crippen LogP contribution < -0.4 is 9.47 Å². The molecule has 0 fully saturated rings. The molecule has 0 unspecified atom stereocenters. The first-order chi connectivity index (χ1) is 12.0. The molecule has 25 heavy (non-hydrogen) atoms. The van der Waals surface area contributed by atoms with Crippen molar-refractivity contribution in [3.63, 3.8) is 0 Å². The van der Waals surface area contributed by atoms with Crippen molar-refractivity contribution in [2.45, 2.75) is 26.9 Å². The Bertz CT molecular complexity index is 858. The second-order valence-corrected chi connectivity index (χ2v) is 5.76. The van der Waals surface area contributed by atoms with Gasteiger partial charge in [0.25, 0.3) is 0 Å². The van der Waals surface area contributed by atoms with Crippen molar-refractivity contribution in [2.75, 3.05) is 0 Å². The molecule has 7 nitrogen and oxygen atoms in total. The number of aryl methyl sites for hydroxylation is 2. The van der Waals surface area contributed by atoms with E-state index in [0.29, 0.717) is 17.2 Å². The zero-order valence-electron chi connectivity index (χ0n) is 14.2. The number of ether oxygens (including phenoxy) is 2. The molecule has 128 valence electrons. The molecule has 7 heteroatoms. The molecule has 3 rings (SSSR count). The van der Waals surface area contributed by atoms with Gasteiger partial charge in [0.2, 0.25) is 0 Å². The molecule has 0 amide bonds. The van der Waals surface area contributed by atoms with Crippen LogP contribution in [-0.4, -0.2) is 32.3 Å². The van der Waals surface area contributed by atoms with E-state index < -0.39 is 12.1 Å². The predicted octanol–water partition coefficient (Wildman–Crippen LogP) is 2.65. The van der Waals surface area contributed by atoms with Gasteiger partial charge in [-0.05, 0) is 66.6 Å². The molecule has 0 bridgehead atoms. The minimum absolute atomic E-state index is 0.397. The molecular formula is C18H18N4O3. The van der Waals surface area contributed by atoms with Crippen LogP contribution in [0.4, 0.5) is 0 Å². The van der Waals surface area contributed by atoms with E-state index in [4.69, 9.17) is 9.47 Å². The third-order valence-electron chi connectivity index (χ3n) is 3.49. The van der Waals surface area contributed by atoms with Crippen molar-refractivity contribution in [1.29, 1.82) is 0 Å². The maximum Gasteiger partial charge on any atom is 0.352 e. The molecule has 0 aliphatic heterocycles. The van der Waals surface area contributed by atoms with Gasteiger partial charge in [-0.15, -0.1) is 5.10 Å². The van der Waals surface area contributed by atoms with E-state index in [-0.39, 0.29) is 0 Å². The summed E-state index contributed by atoms with van der Waals surface area (Å²) in [5.41, 5.74) is 2.84. The molecule has 2 aromatic carbocycles. The standard InChI is InChI=1S/C18H18N4O3/c1-12-7-13(2)9-17(8-12)24-14(3)18(23)25-16-6-4-5-15(10-16)22-11-19-20-21-22/h4-11,14H,1-3H3/t14-/m1/s1. The normalized spacial score (nSPS) is 11.8. The lowest BCUT2D eigenvalue weighted by atomic mass is 10.1. The molecule has 1 aromatic heterocycles. The Morgan fingerprint density at radius 1 is 1.08 bits per heavy atom. The second kappa shape index (κ2) is 7.12. The smallest absolute Gasteiger partial charge is 0.352 e. The maximum atomic E-state index is 12.3. The lowest BCUT2D eigenvalue weighted by Gasteiger charge is -2.15. The highest BCUT2D eigenvalue weighted by atomic mass is 16.6. The third kappa shape index (κ3) is 4.20. The number of aromatic nitrogens is 4. The van der Waals surface area contributed by atoms with Gasteiger partial charge >= 0.3 is 5.97 Å². The van der Waals surface area contributed by atoms with Gasteiger partial charge in [0.05, 0.1) is 5.69 Å². The fourth-order valence-electron chi connectivity index (χ4n) is 2.42. The first-order valence-corrected chi connectivity index (χ1v) is 7.81. The number of nitrogens with zero attached hydrogens (tertiary/aromatic N) is 4. The van der Waals surface area contributed by atoms with Crippen LogP contribution in [0.5, 0.6) is 11.5 Å². The van der Waals surface area contributed by atoms with Gasteiger partial charge in [0.15, 0.2) is 6.10 Å². The second-order valence-electron chi connectivity index (χ2n) is 5.76. The summed E-state index contributed by atoms with van der Waals surface area (Å²) in [5.74, 6) is 0.561. The maximum absolute atomic E-state index is 12.3. The van der Waals surface area contributed by atoms with Gasteiger partial charge in [0, 0.05) is 6.07 Å². The molecule has 0 saturated carbocycles. The van der Waals surface area contributed by atoms with Crippen molar-refractivity contribution in [1.82, 2.24) is 20.2 Å². The summed E-state index contributed by atoms with van der Waals surface area (Å²) in [4.78, 5) is 12.3. The number of hydrogen-bond donors (Lipinski definition) is 0. The minimum atomic E-state index is -0.738. The topological polar surface area (TPSA) is 79.1 Å². The molecular weight excluding hydrogens is 320 g/mol. The Hall–Kier alpha value is -3.22. The van der Waals surface area contributed by atoms with E-state index in [0.717, 1.165) is 11.1 Å². The van der Waals surface area contributed by atoms with Gasteiger partial charge in [0.1, 0.15) is 17.8 Å².